The van der Waals surface area contributed by atoms with Gasteiger partial charge in [0, 0.05) is 0 Å². The van der Waals surface area contributed by atoms with E-state index in [9.17, 15) is 14.9 Å². The largest absolute Gasteiger partial charge is 0.393 e. The van der Waals surface area contributed by atoms with E-state index in [-0.39, 0.29) is 23.7 Å². The van der Waals surface area contributed by atoms with Gasteiger partial charge in [0.1, 0.15) is 11.3 Å². The lowest BCUT2D eigenvalue weighted by atomic mass is 10.1. The van der Waals surface area contributed by atoms with E-state index >= 15 is 0 Å². The van der Waals surface area contributed by atoms with Crippen molar-refractivity contribution in [3.05, 3.63) is 45.6 Å². The fraction of sp³-hybridized carbons (Fsp3) is 0.182. The number of aromatic nitrogens is 2. The molecule has 1 aromatic carbocycles. The van der Waals surface area contributed by atoms with Crippen LogP contribution < -0.4 is 11.1 Å². The van der Waals surface area contributed by atoms with Crippen LogP contribution in [-0.4, -0.2) is 21.0 Å². The Morgan fingerprint density at radius 2 is 2.30 bits per heavy atom. The number of rotatable bonds is 4. The van der Waals surface area contributed by atoms with Gasteiger partial charge in [0.2, 0.25) is 5.89 Å². The van der Waals surface area contributed by atoms with Gasteiger partial charge in [-0.1, -0.05) is 11.2 Å². The van der Waals surface area contributed by atoms with Gasteiger partial charge >= 0.3 is 5.69 Å². The third-order valence-electron chi connectivity index (χ3n) is 2.46. The number of nitrogen functional groups attached to an aromatic ring is 1. The molecule has 104 valence electrons. The van der Waals surface area contributed by atoms with Crippen molar-refractivity contribution in [2.24, 2.45) is 0 Å². The third-order valence-corrected chi connectivity index (χ3v) is 2.46. The van der Waals surface area contributed by atoms with E-state index in [0.717, 1.165) is 0 Å². The second-order valence-corrected chi connectivity index (χ2v) is 3.92. The maximum absolute atomic E-state index is 11.9. The summed E-state index contributed by atoms with van der Waals surface area (Å²) in [6.07, 6.45) is 0. The van der Waals surface area contributed by atoms with Gasteiger partial charge < -0.3 is 15.6 Å². The van der Waals surface area contributed by atoms with E-state index in [1.54, 1.807) is 6.92 Å². The molecule has 1 amide bonds. The molecule has 0 bridgehead atoms. The van der Waals surface area contributed by atoms with E-state index in [1.165, 1.54) is 18.2 Å². The number of anilines is 1. The van der Waals surface area contributed by atoms with Crippen LogP contribution in [0.3, 0.4) is 0 Å². The number of nitro benzene ring substituents is 1. The summed E-state index contributed by atoms with van der Waals surface area (Å²) in [5.74, 6) is 0.00597. The monoisotopic (exact) mass is 277 g/mol. The molecule has 1 aromatic heterocycles. The van der Waals surface area contributed by atoms with Gasteiger partial charge in [0.05, 0.1) is 11.5 Å². The molecule has 0 fully saturated rings. The topological polar surface area (TPSA) is 137 Å². The number of nitrogens with two attached hydrogens (primary N) is 1. The molecule has 3 N–H and O–H groups in total. The Bertz CT molecular complexity index is 667. The highest BCUT2D eigenvalue weighted by atomic mass is 16.6. The second kappa shape index (κ2) is 5.34. The lowest BCUT2D eigenvalue weighted by Crippen LogP contribution is -2.24. The zero-order valence-corrected chi connectivity index (χ0v) is 10.5. The summed E-state index contributed by atoms with van der Waals surface area (Å²) in [6.45, 7) is 1.61. The summed E-state index contributed by atoms with van der Waals surface area (Å²) in [5.41, 5.74) is 4.89. The highest BCUT2D eigenvalue weighted by Gasteiger charge is 2.23. The number of benzene rings is 1. The summed E-state index contributed by atoms with van der Waals surface area (Å²) in [7, 11) is 0. The molecule has 0 spiro atoms. The van der Waals surface area contributed by atoms with Crippen LogP contribution in [-0.2, 0) is 6.54 Å². The first-order chi connectivity index (χ1) is 9.49. The fourth-order valence-corrected chi connectivity index (χ4v) is 1.61. The van der Waals surface area contributed by atoms with Gasteiger partial charge in [-0.3, -0.25) is 14.9 Å². The molecule has 2 aromatic rings. The van der Waals surface area contributed by atoms with E-state index in [0.29, 0.717) is 5.82 Å². The lowest BCUT2D eigenvalue weighted by molar-refractivity contribution is -0.384. The van der Waals surface area contributed by atoms with Crippen molar-refractivity contribution >= 4 is 17.3 Å². The normalized spacial score (nSPS) is 10.2. The maximum Gasteiger partial charge on any atom is 0.304 e. The molecule has 0 saturated carbocycles. The van der Waals surface area contributed by atoms with Crippen LogP contribution in [0.4, 0.5) is 11.4 Å². The Morgan fingerprint density at radius 1 is 1.55 bits per heavy atom. The first kappa shape index (κ1) is 13.5. The van der Waals surface area contributed by atoms with Crippen molar-refractivity contribution in [3.8, 4) is 0 Å². The second-order valence-electron chi connectivity index (χ2n) is 3.92. The van der Waals surface area contributed by atoms with Crippen molar-refractivity contribution in [2.75, 3.05) is 5.73 Å². The maximum atomic E-state index is 11.9. The Morgan fingerprint density at radius 3 is 2.90 bits per heavy atom. The van der Waals surface area contributed by atoms with E-state index < -0.39 is 16.5 Å². The molecule has 0 atom stereocenters. The minimum atomic E-state index is -0.693. The number of carbonyl (C=O) groups excluding carboxylic acids is 1. The summed E-state index contributed by atoms with van der Waals surface area (Å²) >= 11 is 0. The van der Waals surface area contributed by atoms with Crippen molar-refractivity contribution in [1.29, 1.82) is 0 Å². The lowest BCUT2D eigenvalue weighted by Gasteiger charge is -2.05. The average Bonchev–Trinajstić information content (AvgIpc) is 2.81. The first-order valence-corrected chi connectivity index (χ1v) is 5.59. The number of hydrogen-bond donors (Lipinski definition) is 2. The molecule has 0 saturated heterocycles. The standard InChI is InChI=1S/C11H11N5O4/c1-6-14-9(20-15-6)5-13-11(17)7-3-2-4-8(12)10(7)16(18)19/h2-4H,5,12H2,1H3,(H,13,17). The minimum Gasteiger partial charge on any atom is -0.393 e. The molecule has 9 heteroatoms. The summed E-state index contributed by atoms with van der Waals surface area (Å²) in [6, 6.07) is 4.15. The molecule has 1 heterocycles. The van der Waals surface area contributed by atoms with Crippen LogP contribution in [0.15, 0.2) is 22.7 Å². The molecule has 0 aliphatic rings. The van der Waals surface area contributed by atoms with Crippen LogP contribution >= 0.6 is 0 Å². The Kier molecular flexibility index (Phi) is 3.60. The average molecular weight is 277 g/mol. The predicted octanol–water partition coefficient (Wildman–Crippen LogP) is 0.798. The molecular weight excluding hydrogens is 266 g/mol. The number of amides is 1. The number of nitrogens with one attached hydrogen (secondary N) is 1. The van der Waals surface area contributed by atoms with Crippen molar-refractivity contribution in [3.63, 3.8) is 0 Å². The van der Waals surface area contributed by atoms with Crippen LogP contribution in [0.1, 0.15) is 22.1 Å². The van der Waals surface area contributed by atoms with E-state index in [1.807, 2.05) is 0 Å². The van der Waals surface area contributed by atoms with Crippen LogP contribution in [0.5, 0.6) is 0 Å². The Labute approximate surface area is 112 Å². The summed E-state index contributed by atoms with van der Waals surface area (Å²) < 4.78 is 4.82. The van der Waals surface area contributed by atoms with Gasteiger partial charge in [-0.2, -0.15) is 4.98 Å². The van der Waals surface area contributed by atoms with Gasteiger partial charge in [-0.15, -0.1) is 0 Å². The Balaban J connectivity index is 2.17. The number of para-hydroxylation sites is 1. The molecule has 0 aliphatic heterocycles. The van der Waals surface area contributed by atoms with E-state index in [4.69, 9.17) is 10.3 Å². The summed E-state index contributed by atoms with van der Waals surface area (Å²) in [4.78, 5) is 26.1. The number of nitro groups is 1. The molecule has 0 unspecified atom stereocenters. The molecule has 0 radical (unpaired) electrons. The van der Waals surface area contributed by atoms with Crippen LogP contribution in [0.2, 0.25) is 0 Å². The molecular formula is C11H11N5O4. The summed E-state index contributed by atoms with van der Waals surface area (Å²) in [5, 5.41) is 16.9. The predicted molar refractivity (Wildman–Crippen MR) is 67.7 cm³/mol. The van der Waals surface area contributed by atoms with Gasteiger partial charge in [-0.25, -0.2) is 0 Å². The van der Waals surface area contributed by atoms with Gasteiger partial charge in [0.25, 0.3) is 5.91 Å². The zero-order chi connectivity index (χ0) is 14.7. The Hall–Kier alpha value is -2.97. The first-order valence-electron chi connectivity index (χ1n) is 5.59. The third kappa shape index (κ3) is 2.71. The number of nitrogens with zero attached hydrogens (tertiary/aromatic N) is 3. The van der Waals surface area contributed by atoms with E-state index in [2.05, 4.69) is 15.5 Å². The molecule has 2 rings (SSSR count). The zero-order valence-electron chi connectivity index (χ0n) is 10.5. The SMILES string of the molecule is Cc1noc(CNC(=O)c2cccc(N)c2[N+](=O)[O-])n1. The number of aryl methyl sites for hydroxylation is 1. The molecule has 0 aliphatic carbocycles. The van der Waals surface area contributed by atoms with Crippen molar-refractivity contribution in [2.45, 2.75) is 13.5 Å². The highest BCUT2D eigenvalue weighted by molar-refractivity contribution is 6.00. The van der Waals surface area contributed by atoms with Crippen LogP contribution in [0.25, 0.3) is 0 Å². The number of carbonyl (C=O) groups is 1. The minimum absolute atomic E-state index is 0.0222. The van der Waals surface area contributed by atoms with Crippen LogP contribution in [0, 0.1) is 17.0 Å². The number of hydrogen-bond acceptors (Lipinski definition) is 7. The van der Waals surface area contributed by atoms with Crippen molar-refractivity contribution < 1.29 is 14.2 Å². The molecule has 20 heavy (non-hydrogen) atoms. The molecule has 9 nitrogen and oxygen atoms in total. The highest BCUT2D eigenvalue weighted by Crippen LogP contribution is 2.25. The smallest absolute Gasteiger partial charge is 0.304 e. The van der Waals surface area contributed by atoms with Gasteiger partial charge in [0.15, 0.2) is 5.82 Å². The quantitative estimate of drug-likeness (QED) is 0.478. The fourth-order valence-electron chi connectivity index (χ4n) is 1.61. The van der Waals surface area contributed by atoms with Crippen molar-refractivity contribution in [1.82, 2.24) is 15.5 Å². The van der Waals surface area contributed by atoms with Gasteiger partial charge in [-0.05, 0) is 19.1 Å².